The Morgan fingerprint density at radius 1 is 1.10 bits per heavy atom. The molecule has 0 spiro atoms. The van der Waals surface area contributed by atoms with Gasteiger partial charge in [0.1, 0.15) is 5.82 Å². The molecule has 0 saturated heterocycles. The van der Waals surface area contributed by atoms with Crippen LogP contribution >= 0.6 is 23.2 Å². The van der Waals surface area contributed by atoms with Gasteiger partial charge in [-0.2, -0.15) is 15.0 Å². The van der Waals surface area contributed by atoms with Gasteiger partial charge in [0.2, 0.25) is 11.9 Å². The average Bonchev–Trinajstić information content (AvgIpc) is 2.66. The number of nitrogens with one attached hydrogen (secondary N) is 1. The maximum Gasteiger partial charge on any atom is 0.261 e. The third-order valence-corrected chi connectivity index (χ3v) is 4.46. The number of nitrogens with zero attached hydrogens (tertiary/aromatic N) is 5. The summed E-state index contributed by atoms with van der Waals surface area (Å²) in [5, 5.41) is 3.80. The Balaban J connectivity index is 1.67. The van der Waals surface area contributed by atoms with Crippen molar-refractivity contribution in [2.45, 2.75) is 6.54 Å². The molecule has 11 heteroatoms. The maximum absolute atomic E-state index is 13.1. The van der Waals surface area contributed by atoms with Gasteiger partial charge in [-0.05, 0) is 36.4 Å². The summed E-state index contributed by atoms with van der Waals surface area (Å²) in [4.78, 5) is 29.3. The standard InChI is InChI=1S/C18H12Cl2FN7O/c19-9-5-12-15(13(20)6-9)23-8-28(16(12)29)7-14-25-17(22)27-18(26-14)24-11-3-1-10(21)2-4-11/h1-6,8H,7H2,(H3,22,24,25,26,27). The largest absolute Gasteiger partial charge is 0.368 e. The molecule has 0 aliphatic carbocycles. The van der Waals surface area contributed by atoms with Crippen LogP contribution in [0.3, 0.4) is 0 Å². The Bertz CT molecular complexity index is 1280. The van der Waals surface area contributed by atoms with E-state index >= 15 is 0 Å². The van der Waals surface area contributed by atoms with Gasteiger partial charge < -0.3 is 11.1 Å². The molecule has 3 N–H and O–H groups in total. The topological polar surface area (TPSA) is 112 Å². The van der Waals surface area contributed by atoms with Crippen LogP contribution in [-0.4, -0.2) is 24.5 Å². The lowest BCUT2D eigenvalue weighted by Crippen LogP contribution is -2.23. The van der Waals surface area contributed by atoms with Crippen molar-refractivity contribution in [1.29, 1.82) is 0 Å². The molecular formula is C18H12Cl2FN7O. The number of aromatic nitrogens is 5. The highest BCUT2D eigenvalue weighted by Crippen LogP contribution is 2.24. The first-order valence-corrected chi connectivity index (χ1v) is 9.02. The highest BCUT2D eigenvalue weighted by molar-refractivity contribution is 6.38. The fourth-order valence-corrected chi connectivity index (χ4v) is 3.23. The van der Waals surface area contributed by atoms with Crippen LogP contribution in [0, 0.1) is 5.82 Å². The van der Waals surface area contributed by atoms with Crippen LogP contribution in [0.1, 0.15) is 5.82 Å². The van der Waals surface area contributed by atoms with Crippen molar-refractivity contribution in [3.63, 3.8) is 0 Å². The fourth-order valence-electron chi connectivity index (χ4n) is 2.69. The zero-order valence-corrected chi connectivity index (χ0v) is 16.1. The van der Waals surface area contributed by atoms with Gasteiger partial charge in [0.25, 0.3) is 5.56 Å². The van der Waals surface area contributed by atoms with E-state index in [2.05, 4.69) is 25.3 Å². The molecule has 29 heavy (non-hydrogen) atoms. The second-order valence-corrected chi connectivity index (χ2v) is 6.87. The highest BCUT2D eigenvalue weighted by atomic mass is 35.5. The molecule has 0 aliphatic heterocycles. The minimum atomic E-state index is -0.366. The molecule has 0 aliphatic rings. The van der Waals surface area contributed by atoms with Crippen LogP contribution in [0.2, 0.25) is 10.0 Å². The molecule has 2 heterocycles. The first kappa shape index (κ1) is 19.0. The monoisotopic (exact) mass is 431 g/mol. The van der Waals surface area contributed by atoms with Crippen LogP contribution < -0.4 is 16.6 Å². The zero-order chi connectivity index (χ0) is 20.5. The lowest BCUT2D eigenvalue weighted by Gasteiger charge is -2.09. The van der Waals surface area contributed by atoms with E-state index in [-0.39, 0.29) is 46.1 Å². The zero-order valence-electron chi connectivity index (χ0n) is 14.6. The van der Waals surface area contributed by atoms with Crippen molar-refractivity contribution >= 4 is 51.7 Å². The molecule has 0 fully saturated rings. The Hall–Kier alpha value is -3.30. The molecule has 0 atom stereocenters. The summed E-state index contributed by atoms with van der Waals surface area (Å²) in [6, 6.07) is 8.66. The first-order chi connectivity index (χ1) is 13.9. The molecule has 0 unspecified atom stereocenters. The summed E-state index contributed by atoms with van der Waals surface area (Å²) in [5.41, 5.74) is 6.32. The van der Waals surface area contributed by atoms with Gasteiger partial charge >= 0.3 is 0 Å². The lowest BCUT2D eigenvalue weighted by molar-refractivity contribution is 0.628. The van der Waals surface area contributed by atoms with E-state index in [1.165, 1.54) is 47.3 Å². The smallest absolute Gasteiger partial charge is 0.261 e. The van der Waals surface area contributed by atoms with Gasteiger partial charge in [-0.1, -0.05) is 23.2 Å². The van der Waals surface area contributed by atoms with Crippen molar-refractivity contribution in [2.24, 2.45) is 0 Å². The summed E-state index contributed by atoms with van der Waals surface area (Å²) < 4.78 is 14.4. The van der Waals surface area contributed by atoms with E-state index in [1.54, 1.807) is 0 Å². The number of nitrogen functional groups attached to an aromatic ring is 1. The van der Waals surface area contributed by atoms with Gasteiger partial charge in [-0.25, -0.2) is 9.37 Å². The Morgan fingerprint density at radius 2 is 1.86 bits per heavy atom. The average molecular weight is 432 g/mol. The van der Waals surface area contributed by atoms with Crippen molar-refractivity contribution in [1.82, 2.24) is 24.5 Å². The number of benzene rings is 2. The molecule has 0 bridgehead atoms. The molecule has 0 saturated carbocycles. The highest BCUT2D eigenvalue weighted by Gasteiger charge is 2.12. The minimum absolute atomic E-state index is 0.00325. The van der Waals surface area contributed by atoms with Crippen molar-refractivity contribution in [3.05, 3.63) is 74.8 Å². The number of nitrogens with two attached hydrogens (primary N) is 1. The molecule has 4 rings (SSSR count). The molecular weight excluding hydrogens is 420 g/mol. The summed E-state index contributed by atoms with van der Waals surface area (Å²) in [6.45, 7) is -0.00325. The van der Waals surface area contributed by atoms with Crippen molar-refractivity contribution in [2.75, 3.05) is 11.1 Å². The van der Waals surface area contributed by atoms with Crippen molar-refractivity contribution in [3.8, 4) is 0 Å². The predicted molar refractivity (Wildman–Crippen MR) is 109 cm³/mol. The van der Waals surface area contributed by atoms with Crippen LogP contribution in [0.4, 0.5) is 22.0 Å². The number of hydrogen-bond donors (Lipinski definition) is 2. The Morgan fingerprint density at radius 3 is 2.62 bits per heavy atom. The summed E-state index contributed by atoms with van der Waals surface area (Å²) >= 11 is 12.1. The van der Waals surface area contributed by atoms with Crippen LogP contribution in [0.15, 0.2) is 47.5 Å². The number of hydrogen-bond acceptors (Lipinski definition) is 7. The van der Waals surface area contributed by atoms with Crippen LogP contribution in [0.5, 0.6) is 0 Å². The minimum Gasteiger partial charge on any atom is -0.368 e. The second-order valence-electron chi connectivity index (χ2n) is 6.03. The van der Waals surface area contributed by atoms with E-state index < -0.39 is 0 Å². The fraction of sp³-hybridized carbons (Fsp3) is 0.0556. The lowest BCUT2D eigenvalue weighted by atomic mass is 10.2. The third-order valence-electron chi connectivity index (χ3n) is 3.96. The SMILES string of the molecule is Nc1nc(Cn2cnc3c(Cl)cc(Cl)cc3c2=O)nc(Nc2ccc(F)cc2)n1. The van der Waals surface area contributed by atoms with Crippen LogP contribution in [-0.2, 0) is 6.54 Å². The number of rotatable bonds is 4. The van der Waals surface area contributed by atoms with Gasteiger partial charge in [-0.3, -0.25) is 9.36 Å². The number of halogens is 3. The van der Waals surface area contributed by atoms with Gasteiger partial charge in [0.05, 0.1) is 28.8 Å². The van der Waals surface area contributed by atoms with Gasteiger partial charge in [0.15, 0.2) is 5.82 Å². The van der Waals surface area contributed by atoms with Crippen LogP contribution in [0.25, 0.3) is 10.9 Å². The number of anilines is 3. The van der Waals surface area contributed by atoms with E-state index in [9.17, 15) is 9.18 Å². The number of fused-ring (bicyclic) bond motifs is 1. The quantitative estimate of drug-likeness (QED) is 0.508. The summed E-state index contributed by atoms with van der Waals surface area (Å²) in [5.74, 6) is -0.00670. The third kappa shape index (κ3) is 4.10. The molecule has 2 aromatic carbocycles. The summed E-state index contributed by atoms with van der Waals surface area (Å²) in [6.07, 6.45) is 1.34. The first-order valence-electron chi connectivity index (χ1n) is 8.26. The maximum atomic E-state index is 13.1. The molecule has 0 amide bonds. The Kier molecular flexibility index (Phi) is 4.99. The van der Waals surface area contributed by atoms with E-state index in [1.807, 2.05) is 0 Å². The predicted octanol–water partition coefficient (Wildman–Crippen LogP) is 3.40. The van der Waals surface area contributed by atoms with Gasteiger partial charge in [0, 0.05) is 10.7 Å². The van der Waals surface area contributed by atoms with E-state index in [0.717, 1.165) is 0 Å². The molecule has 4 aromatic rings. The van der Waals surface area contributed by atoms with Gasteiger partial charge in [-0.15, -0.1) is 0 Å². The molecule has 0 radical (unpaired) electrons. The Labute approximate surface area is 173 Å². The van der Waals surface area contributed by atoms with Crippen molar-refractivity contribution < 1.29 is 4.39 Å². The summed E-state index contributed by atoms with van der Waals surface area (Å²) in [7, 11) is 0. The van der Waals surface area contributed by atoms with E-state index in [0.29, 0.717) is 16.2 Å². The molecule has 8 nitrogen and oxygen atoms in total. The normalized spacial score (nSPS) is 11.0. The molecule has 146 valence electrons. The van der Waals surface area contributed by atoms with E-state index in [4.69, 9.17) is 28.9 Å². The molecule has 2 aromatic heterocycles. The second kappa shape index (κ2) is 7.61.